The third-order valence-electron chi connectivity index (χ3n) is 4.37. The summed E-state index contributed by atoms with van der Waals surface area (Å²) in [7, 11) is 3.48. The van der Waals surface area contributed by atoms with Crippen LogP contribution >= 0.6 is 0 Å². The van der Waals surface area contributed by atoms with Crippen LogP contribution in [0.5, 0.6) is 0 Å². The van der Waals surface area contributed by atoms with E-state index in [0.29, 0.717) is 18.9 Å². The van der Waals surface area contributed by atoms with Gasteiger partial charge >= 0.3 is 0 Å². The number of rotatable bonds is 5. The molecule has 1 aromatic rings. The predicted octanol–water partition coefficient (Wildman–Crippen LogP) is 1.63. The van der Waals surface area contributed by atoms with Gasteiger partial charge in [-0.2, -0.15) is 0 Å². The number of hydrogen-bond donors (Lipinski definition) is 2. The van der Waals surface area contributed by atoms with Crippen LogP contribution < -0.4 is 11.1 Å². The Morgan fingerprint density at radius 2 is 1.91 bits per heavy atom. The molecule has 2 amide bonds. The number of likely N-dealkylation sites (N-methyl/N-ethyl adjacent to an activating group) is 1. The first-order valence-corrected chi connectivity index (χ1v) is 7.81. The van der Waals surface area contributed by atoms with Crippen molar-refractivity contribution in [3.8, 4) is 0 Å². The molecule has 0 aromatic heterocycles. The van der Waals surface area contributed by atoms with Crippen LogP contribution in [-0.2, 0) is 16.0 Å². The summed E-state index contributed by atoms with van der Waals surface area (Å²) in [5.74, 6) is 0.454. The van der Waals surface area contributed by atoms with Crippen molar-refractivity contribution in [1.29, 1.82) is 0 Å². The van der Waals surface area contributed by atoms with Gasteiger partial charge in [-0.1, -0.05) is 18.6 Å². The van der Waals surface area contributed by atoms with E-state index in [1.54, 1.807) is 19.0 Å². The first-order chi connectivity index (χ1) is 10.5. The van der Waals surface area contributed by atoms with Gasteiger partial charge in [-0.05, 0) is 43.0 Å². The maximum absolute atomic E-state index is 12.3. The fourth-order valence-corrected chi connectivity index (χ4v) is 2.94. The van der Waals surface area contributed by atoms with Gasteiger partial charge in [-0.15, -0.1) is 0 Å². The Labute approximate surface area is 131 Å². The van der Waals surface area contributed by atoms with Gasteiger partial charge in [0.05, 0.1) is 6.42 Å². The fourth-order valence-electron chi connectivity index (χ4n) is 2.94. The summed E-state index contributed by atoms with van der Waals surface area (Å²) in [6, 6.07) is 7.46. The summed E-state index contributed by atoms with van der Waals surface area (Å²) >= 11 is 0. The van der Waals surface area contributed by atoms with Crippen molar-refractivity contribution in [3.05, 3.63) is 29.8 Å². The van der Waals surface area contributed by atoms with Crippen LogP contribution in [0.15, 0.2) is 24.3 Å². The molecule has 0 bridgehead atoms. The zero-order chi connectivity index (χ0) is 16.1. The molecule has 0 spiro atoms. The molecule has 5 nitrogen and oxygen atoms in total. The van der Waals surface area contributed by atoms with Crippen LogP contribution in [0.25, 0.3) is 0 Å². The normalized spacial score (nSPS) is 20.7. The van der Waals surface area contributed by atoms with Crippen molar-refractivity contribution in [3.63, 3.8) is 0 Å². The highest BCUT2D eigenvalue weighted by atomic mass is 16.2. The van der Waals surface area contributed by atoms with Gasteiger partial charge in [0.25, 0.3) is 0 Å². The topological polar surface area (TPSA) is 75.4 Å². The van der Waals surface area contributed by atoms with Gasteiger partial charge in [-0.25, -0.2) is 0 Å². The second-order valence-electron chi connectivity index (χ2n) is 6.18. The lowest BCUT2D eigenvalue weighted by molar-refractivity contribution is -0.128. The van der Waals surface area contributed by atoms with Gasteiger partial charge < -0.3 is 16.0 Å². The zero-order valence-electron chi connectivity index (χ0n) is 13.3. The molecule has 0 saturated heterocycles. The molecule has 2 rings (SSSR count). The molecule has 3 N–H and O–H groups in total. The lowest BCUT2D eigenvalue weighted by Gasteiger charge is -2.17. The molecule has 120 valence electrons. The number of nitrogens with one attached hydrogen (secondary N) is 1. The molecule has 1 aliphatic carbocycles. The minimum Gasteiger partial charge on any atom is -0.349 e. The van der Waals surface area contributed by atoms with E-state index in [1.807, 2.05) is 24.3 Å². The van der Waals surface area contributed by atoms with Crippen molar-refractivity contribution in [1.82, 2.24) is 4.90 Å². The summed E-state index contributed by atoms with van der Waals surface area (Å²) < 4.78 is 0. The molecule has 1 aromatic carbocycles. The second-order valence-corrected chi connectivity index (χ2v) is 6.18. The van der Waals surface area contributed by atoms with Gasteiger partial charge in [0.1, 0.15) is 0 Å². The van der Waals surface area contributed by atoms with E-state index in [2.05, 4.69) is 5.32 Å². The van der Waals surface area contributed by atoms with Crippen LogP contribution in [0.3, 0.4) is 0 Å². The second kappa shape index (κ2) is 7.40. The highest BCUT2D eigenvalue weighted by Crippen LogP contribution is 2.31. The average Bonchev–Trinajstić information content (AvgIpc) is 2.97. The standard InChI is InChI=1S/C17H25N3O2/c1-20(2)16(21)10-12-6-8-14(9-7-12)19-17(22)15-5-3-4-13(15)11-18/h6-9,13,15H,3-5,10-11,18H2,1-2H3,(H,19,22)/t13-,15-/m1/s1. The van der Waals surface area contributed by atoms with E-state index in [-0.39, 0.29) is 17.7 Å². The summed E-state index contributed by atoms with van der Waals surface area (Å²) in [6.07, 6.45) is 3.41. The molecule has 1 aliphatic rings. The predicted molar refractivity (Wildman–Crippen MR) is 87.4 cm³/mol. The third kappa shape index (κ3) is 4.07. The molecule has 0 heterocycles. The molecule has 5 heteroatoms. The first kappa shape index (κ1) is 16.5. The van der Waals surface area contributed by atoms with Crippen molar-refractivity contribution in [2.24, 2.45) is 17.6 Å². The largest absolute Gasteiger partial charge is 0.349 e. The monoisotopic (exact) mass is 303 g/mol. The number of hydrogen-bond acceptors (Lipinski definition) is 3. The number of amides is 2. The van der Waals surface area contributed by atoms with E-state index < -0.39 is 0 Å². The van der Waals surface area contributed by atoms with E-state index in [4.69, 9.17) is 5.73 Å². The van der Waals surface area contributed by atoms with Crippen molar-refractivity contribution < 1.29 is 9.59 Å². The van der Waals surface area contributed by atoms with E-state index in [1.165, 1.54) is 0 Å². The highest BCUT2D eigenvalue weighted by Gasteiger charge is 2.31. The smallest absolute Gasteiger partial charge is 0.227 e. The molecular formula is C17H25N3O2. The van der Waals surface area contributed by atoms with Gasteiger partial charge in [0, 0.05) is 25.7 Å². The molecule has 2 atom stereocenters. The van der Waals surface area contributed by atoms with E-state index in [9.17, 15) is 9.59 Å². The number of carbonyl (C=O) groups is 2. The maximum atomic E-state index is 12.3. The van der Waals surface area contributed by atoms with Crippen LogP contribution in [0, 0.1) is 11.8 Å². The Bertz CT molecular complexity index is 525. The molecule has 0 unspecified atom stereocenters. The Kier molecular flexibility index (Phi) is 5.55. The summed E-state index contributed by atoms with van der Waals surface area (Å²) in [4.78, 5) is 25.5. The van der Waals surface area contributed by atoms with E-state index in [0.717, 1.165) is 30.5 Å². The molecule has 22 heavy (non-hydrogen) atoms. The lowest BCUT2D eigenvalue weighted by atomic mass is 9.95. The molecule has 0 radical (unpaired) electrons. The van der Waals surface area contributed by atoms with Crippen LogP contribution in [0.4, 0.5) is 5.69 Å². The SMILES string of the molecule is CN(C)C(=O)Cc1ccc(NC(=O)[C@@H]2CCC[C@@H]2CN)cc1. The summed E-state index contributed by atoms with van der Waals surface area (Å²) in [5.41, 5.74) is 7.44. The Morgan fingerprint density at radius 3 is 2.50 bits per heavy atom. The molecular weight excluding hydrogens is 278 g/mol. The maximum Gasteiger partial charge on any atom is 0.227 e. The Hall–Kier alpha value is -1.88. The number of nitrogens with two attached hydrogens (primary N) is 1. The minimum absolute atomic E-state index is 0.0278. The van der Waals surface area contributed by atoms with Crippen LogP contribution in [-0.4, -0.2) is 37.4 Å². The highest BCUT2D eigenvalue weighted by molar-refractivity contribution is 5.93. The molecule has 1 saturated carbocycles. The number of carbonyl (C=O) groups excluding carboxylic acids is 2. The van der Waals surface area contributed by atoms with E-state index >= 15 is 0 Å². The number of benzene rings is 1. The minimum atomic E-state index is 0.0278. The molecule has 0 aliphatic heterocycles. The quantitative estimate of drug-likeness (QED) is 0.868. The number of anilines is 1. The fraction of sp³-hybridized carbons (Fsp3) is 0.529. The average molecular weight is 303 g/mol. The summed E-state index contributed by atoms with van der Waals surface area (Å²) in [6.45, 7) is 0.573. The van der Waals surface area contributed by atoms with Crippen molar-refractivity contribution in [2.45, 2.75) is 25.7 Å². The van der Waals surface area contributed by atoms with Crippen molar-refractivity contribution >= 4 is 17.5 Å². The summed E-state index contributed by atoms with van der Waals surface area (Å²) in [5, 5.41) is 2.96. The van der Waals surface area contributed by atoms with Gasteiger partial charge in [0.15, 0.2) is 0 Å². The zero-order valence-corrected chi connectivity index (χ0v) is 13.3. The Morgan fingerprint density at radius 1 is 1.23 bits per heavy atom. The van der Waals surface area contributed by atoms with Gasteiger partial charge in [-0.3, -0.25) is 9.59 Å². The lowest BCUT2D eigenvalue weighted by Crippen LogP contribution is -2.29. The number of nitrogens with zero attached hydrogens (tertiary/aromatic N) is 1. The Balaban J connectivity index is 1.93. The van der Waals surface area contributed by atoms with Crippen LogP contribution in [0.1, 0.15) is 24.8 Å². The molecule has 1 fully saturated rings. The third-order valence-corrected chi connectivity index (χ3v) is 4.37. The first-order valence-electron chi connectivity index (χ1n) is 7.81. The van der Waals surface area contributed by atoms with Crippen LogP contribution in [0.2, 0.25) is 0 Å². The van der Waals surface area contributed by atoms with Crippen molar-refractivity contribution in [2.75, 3.05) is 26.0 Å². The van der Waals surface area contributed by atoms with Gasteiger partial charge in [0.2, 0.25) is 11.8 Å².